The lowest BCUT2D eigenvalue weighted by Crippen LogP contribution is -2.19. The van der Waals surface area contributed by atoms with Crippen molar-refractivity contribution in [3.63, 3.8) is 0 Å². The Labute approximate surface area is 125 Å². The number of imidazole rings is 1. The van der Waals surface area contributed by atoms with Gasteiger partial charge in [0.1, 0.15) is 11.3 Å². The van der Waals surface area contributed by atoms with Gasteiger partial charge < -0.3 is 4.74 Å². The fourth-order valence-electron chi connectivity index (χ4n) is 2.06. The Bertz CT molecular complexity index is 662. The largest absolute Gasteiger partial charge is 0.449 e. The number of ether oxygens (including phenoxy) is 1. The number of fused-ring (bicyclic) bond motifs is 1. The first-order valence-corrected chi connectivity index (χ1v) is 7.56. The Hall–Kier alpha value is -1.43. The third kappa shape index (κ3) is 2.57. The Morgan fingerprint density at radius 3 is 2.95 bits per heavy atom. The highest BCUT2D eigenvalue weighted by molar-refractivity contribution is 9.10. The van der Waals surface area contributed by atoms with Crippen LogP contribution in [-0.4, -0.2) is 27.2 Å². The fourth-order valence-corrected chi connectivity index (χ4v) is 2.37. The molecule has 2 aromatic heterocycles. The molecule has 1 aliphatic rings. The molecule has 1 saturated carbocycles. The minimum Gasteiger partial charge on any atom is -0.449 e. The third-order valence-corrected chi connectivity index (χ3v) is 3.59. The van der Waals surface area contributed by atoms with Crippen LogP contribution in [0.4, 0.5) is 4.79 Å². The van der Waals surface area contributed by atoms with Crippen LogP contribution in [0.1, 0.15) is 38.4 Å². The molecule has 20 heavy (non-hydrogen) atoms. The lowest BCUT2D eigenvalue weighted by molar-refractivity contribution is 0.134. The van der Waals surface area contributed by atoms with E-state index < -0.39 is 0 Å². The number of hydrogen-bond acceptors (Lipinski definition) is 4. The van der Waals surface area contributed by atoms with Crippen molar-refractivity contribution in [2.75, 3.05) is 6.61 Å². The minimum atomic E-state index is -0.377. The zero-order valence-electron chi connectivity index (χ0n) is 11.5. The molecule has 0 spiro atoms. The molecule has 6 heteroatoms. The van der Waals surface area contributed by atoms with E-state index in [9.17, 15) is 4.79 Å². The molecule has 0 radical (unpaired) electrons. The Kier molecular flexibility index (Phi) is 3.50. The number of rotatable bonds is 3. The zero-order chi connectivity index (χ0) is 14.3. The van der Waals surface area contributed by atoms with Gasteiger partial charge >= 0.3 is 6.09 Å². The van der Waals surface area contributed by atoms with Crippen molar-refractivity contribution in [3.8, 4) is 0 Å². The van der Waals surface area contributed by atoms with Gasteiger partial charge in [0.25, 0.3) is 0 Å². The summed E-state index contributed by atoms with van der Waals surface area (Å²) >= 11 is 3.38. The maximum absolute atomic E-state index is 12.3. The molecular formula is C14H16BrN3O2. The van der Waals surface area contributed by atoms with Crippen molar-refractivity contribution in [2.24, 2.45) is 5.92 Å². The van der Waals surface area contributed by atoms with Crippen molar-refractivity contribution in [2.45, 2.75) is 32.6 Å². The van der Waals surface area contributed by atoms with Crippen LogP contribution in [0, 0.1) is 5.92 Å². The lowest BCUT2D eigenvalue weighted by Gasteiger charge is -2.09. The normalized spacial score (nSPS) is 15.0. The second-order valence-electron chi connectivity index (χ2n) is 5.55. The summed E-state index contributed by atoms with van der Waals surface area (Å²) < 4.78 is 7.72. The predicted molar refractivity (Wildman–Crippen MR) is 78.8 cm³/mol. The average molecular weight is 338 g/mol. The lowest BCUT2D eigenvalue weighted by atomic mass is 10.2. The summed E-state index contributed by atoms with van der Waals surface area (Å²) in [5, 5.41) is 0. The van der Waals surface area contributed by atoms with Gasteiger partial charge in [0.05, 0.1) is 6.61 Å². The molecule has 0 unspecified atom stereocenters. The standard InChI is InChI=1S/C14H16BrN3O2/c1-8(2)7-20-14(19)18-12(9-3-4-9)17-11-5-10(15)6-16-13(11)18/h5-6,8-9H,3-4,7H2,1-2H3. The monoisotopic (exact) mass is 337 g/mol. The van der Waals surface area contributed by atoms with Gasteiger partial charge in [-0.1, -0.05) is 13.8 Å². The first-order chi connectivity index (χ1) is 9.56. The van der Waals surface area contributed by atoms with Crippen LogP contribution in [0.2, 0.25) is 0 Å². The SMILES string of the molecule is CC(C)COC(=O)n1c(C2CC2)nc2cc(Br)cnc21. The quantitative estimate of drug-likeness (QED) is 0.856. The van der Waals surface area contributed by atoms with E-state index in [1.54, 1.807) is 6.20 Å². The topological polar surface area (TPSA) is 57.0 Å². The smallest absolute Gasteiger partial charge is 0.421 e. The van der Waals surface area contributed by atoms with E-state index >= 15 is 0 Å². The number of carbonyl (C=O) groups excluding carboxylic acids is 1. The van der Waals surface area contributed by atoms with Crippen molar-refractivity contribution < 1.29 is 9.53 Å². The van der Waals surface area contributed by atoms with E-state index in [-0.39, 0.29) is 6.09 Å². The minimum absolute atomic E-state index is 0.306. The van der Waals surface area contributed by atoms with Crippen LogP contribution in [0.5, 0.6) is 0 Å². The van der Waals surface area contributed by atoms with E-state index in [1.165, 1.54) is 4.57 Å². The Balaban J connectivity index is 2.02. The average Bonchev–Trinajstić information content (AvgIpc) is 3.17. The predicted octanol–water partition coefficient (Wildman–Crippen LogP) is 3.71. The van der Waals surface area contributed by atoms with Crippen molar-refractivity contribution in [1.29, 1.82) is 0 Å². The summed E-state index contributed by atoms with van der Waals surface area (Å²) in [7, 11) is 0. The van der Waals surface area contributed by atoms with Gasteiger partial charge in [-0.2, -0.15) is 0 Å². The van der Waals surface area contributed by atoms with Crippen LogP contribution in [0.3, 0.4) is 0 Å². The second-order valence-corrected chi connectivity index (χ2v) is 6.46. The third-order valence-electron chi connectivity index (χ3n) is 3.15. The summed E-state index contributed by atoms with van der Waals surface area (Å²) in [5.74, 6) is 1.44. The number of pyridine rings is 1. The molecule has 106 valence electrons. The van der Waals surface area contributed by atoms with Gasteiger partial charge in [0, 0.05) is 16.6 Å². The molecule has 1 fully saturated rings. The van der Waals surface area contributed by atoms with Crippen LogP contribution < -0.4 is 0 Å². The number of hydrogen-bond donors (Lipinski definition) is 0. The molecule has 0 atom stereocenters. The van der Waals surface area contributed by atoms with Crippen LogP contribution in [-0.2, 0) is 4.74 Å². The molecule has 1 aliphatic carbocycles. The first kappa shape index (κ1) is 13.5. The van der Waals surface area contributed by atoms with Crippen LogP contribution >= 0.6 is 15.9 Å². The molecule has 0 N–H and O–H groups in total. The summed E-state index contributed by atoms with van der Waals surface area (Å²) in [6.45, 7) is 4.42. The van der Waals surface area contributed by atoms with Gasteiger partial charge in [0.15, 0.2) is 5.65 Å². The number of nitrogens with zero attached hydrogens (tertiary/aromatic N) is 3. The van der Waals surface area contributed by atoms with Crippen molar-refractivity contribution in [3.05, 3.63) is 22.6 Å². The van der Waals surface area contributed by atoms with E-state index in [2.05, 4.69) is 25.9 Å². The van der Waals surface area contributed by atoms with Crippen LogP contribution in [0.25, 0.3) is 11.2 Å². The number of carbonyl (C=O) groups is 1. The van der Waals surface area contributed by atoms with Gasteiger partial charge in [-0.15, -0.1) is 0 Å². The van der Waals surface area contributed by atoms with E-state index in [4.69, 9.17) is 4.74 Å². The molecular weight excluding hydrogens is 322 g/mol. The summed E-state index contributed by atoms with van der Waals surface area (Å²) in [6, 6.07) is 1.88. The van der Waals surface area contributed by atoms with Crippen molar-refractivity contribution >= 4 is 33.2 Å². The zero-order valence-corrected chi connectivity index (χ0v) is 13.1. The van der Waals surface area contributed by atoms with Crippen LogP contribution in [0.15, 0.2) is 16.7 Å². The molecule has 0 amide bonds. The first-order valence-electron chi connectivity index (χ1n) is 6.77. The number of halogens is 1. The molecule has 2 aromatic rings. The Morgan fingerprint density at radius 2 is 2.30 bits per heavy atom. The van der Waals surface area contributed by atoms with Crippen molar-refractivity contribution in [1.82, 2.24) is 14.5 Å². The van der Waals surface area contributed by atoms with E-state index in [1.807, 2.05) is 19.9 Å². The van der Waals surface area contributed by atoms with E-state index in [0.29, 0.717) is 24.1 Å². The maximum atomic E-state index is 12.3. The highest BCUT2D eigenvalue weighted by atomic mass is 79.9. The molecule has 0 aliphatic heterocycles. The molecule has 2 heterocycles. The fraction of sp³-hybridized carbons (Fsp3) is 0.500. The highest BCUT2D eigenvalue weighted by Gasteiger charge is 2.32. The molecule has 0 saturated heterocycles. The Morgan fingerprint density at radius 1 is 1.55 bits per heavy atom. The molecule has 0 bridgehead atoms. The maximum Gasteiger partial charge on any atom is 0.421 e. The number of aromatic nitrogens is 3. The summed E-state index contributed by atoms with van der Waals surface area (Å²) in [6.07, 6.45) is 3.44. The summed E-state index contributed by atoms with van der Waals surface area (Å²) in [5.41, 5.74) is 1.30. The van der Waals surface area contributed by atoms with Gasteiger partial charge in [-0.3, -0.25) is 0 Å². The van der Waals surface area contributed by atoms with Gasteiger partial charge in [-0.25, -0.2) is 19.3 Å². The second kappa shape index (κ2) is 5.16. The molecule has 5 nitrogen and oxygen atoms in total. The highest BCUT2D eigenvalue weighted by Crippen LogP contribution is 2.40. The van der Waals surface area contributed by atoms with Gasteiger partial charge in [-0.05, 0) is 40.8 Å². The van der Waals surface area contributed by atoms with E-state index in [0.717, 1.165) is 28.7 Å². The van der Waals surface area contributed by atoms with Gasteiger partial charge in [0.2, 0.25) is 0 Å². The molecule has 0 aromatic carbocycles. The molecule has 3 rings (SSSR count). The summed E-state index contributed by atoms with van der Waals surface area (Å²) in [4.78, 5) is 21.2.